The minimum atomic E-state index is 0. The minimum Gasteiger partial charge on any atom is -0.492 e. The highest BCUT2D eigenvalue weighted by molar-refractivity contribution is 14.0. The molecular formula is C22H32IN3O3. The van der Waals surface area contributed by atoms with Crippen molar-refractivity contribution in [3.63, 3.8) is 0 Å². The summed E-state index contributed by atoms with van der Waals surface area (Å²) in [5, 5.41) is 6.54. The first-order chi connectivity index (χ1) is 13.7. The topological polar surface area (TPSA) is 64.1 Å². The summed E-state index contributed by atoms with van der Waals surface area (Å²) in [5.41, 5.74) is 2.34. The van der Waals surface area contributed by atoms with Crippen LogP contribution in [0.1, 0.15) is 18.1 Å². The van der Waals surface area contributed by atoms with Gasteiger partial charge in [-0.05, 0) is 43.7 Å². The van der Waals surface area contributed by atoms with Gasteiger partial charge in [-0.15, -0.1) is 24.0 Å². The van der Waals surface area contributed by atoms with E-state index in [1.807, 2.05) is 55.5 Å². The molecule has 0 radical (unpaired) electrons. The Balaban J connectivity index is 0.00000420. The van der Waals surface area contributed by atoms with Crippen molar-refractivity contribution < 1.29 is 14.2 Å². The van der Waals surface area contributed by atoms with Crippen LogP contribution in [0.15, 0.2) is 53.5 Å². The lowest BCUT2D eigenvalue weighted by atomic mass is 10.2. The zero-order valence-corrected chi connectivity index (χ0v) is 19.8. The van der Waals surface area contributed by atoms with E-state index in [1.165, 1.54) is 5.56 Å². The number of rotatable bonds is 11. The zero-order valence-electron chi connectivity index (χ0n) is 17.4. The van der Waals surface area contributed by atoms with Crippen molar-refractivity contribution in [1.29, 1.82) is 0 Å². The molecule has 0 bridgehead atoms. The first-order valence-electron chi connectivity index (χ1n) is 9.63. The fourth-order valence-corrected chi connectivity index (χ4v) is 2.42. The predicted octanol–water partition coefficient (Wildman–Crippen LogP) is 3.77. The second-order valence-electron chi connectivity index (χ2n) is 6.27. The van der Waals surface area contributed by atoms with E-state index in [4.69, 9.17) is 14.2 Å². The molecule has 0 spiro atoms. The fraction of sp³-hybridized carbons (Fsp3) is 0.409. The lowest BCUT2D eigenvalue weighted by Crippen LogP contribution is -2.39. The Hall–Kier alpha value is -2.00. The van der Waals surface area contributed by atoms with Gasteiger partial charge in [-0.25, -0.2) is 4.99 Å². The number of aryl methyl sites for hydroxylation is 1. The molecule has 160 valence electrons. The van der Waals surface area contributed by atoms with Crippen LogP contribution >= 0.6 is 24.0 Å². The van der Waals surface area contributed by atoms with Gasteiger partial charge >= 0.3 is 0 Å². The van der Waals surface area contributed by atoms with E-state index in [2.05, 4.69) is 22.5 Å². The van der Waals surface area contributed by atoms with Crippen LogP contribution in [0, 0.1) is 6.92 Å². The standard InChI is InChI=1S/C22H31N3O3.HI/c1-4-23-22(24-13-14-27-20-9-5-18(2)6-10-20)25-17-19-7-11-21(12-8-19)28-16-15-26-3;/h5-12H,4,13-17H2,1-3H3,(H2,23,24,25);1H. The van der Waals surface area contributed by atoms with E-state index < -0.39 is 0 Å². The number of methoxy groups -OCH3 is 1. The molecule has 0 aliphatic heterocycles. The molecule has 0 unspecified atom stereocenters. The van der Waals surface area contributed by atoms with Crippen LogP contribution in [0.2, 0.25) is 0 Å². The molecule has 2 N–H and O–H groups in total. The SMILES string of the molecule is CCNC(=NCc1ccc(OCCOC)cc1)NCCOc1ccc(C)cc1.I. The zero-order chi connectivity index (χ0) is 20.0. The van der Waals surface area contributed by atoms with Gasteiger partial charge in [0.05, 0.1) is 19.7 Å². The molecule has 7 heteroatoms. The highest BCUT2D eigenvalue weighted by Gasteiger charge is 2.00. The highest BCUT2D eigenvalue weighted by Crippen LogP contribution is 2.13. The summed E-state index contributed by atoms with van der Waals surface area (Å²) in [6.45, 7) is 7.87. The summed E-state index contributed by atoms with van der Waals surface area (Å²) in [7, 11) is 1.66. The summed E-state index contributed by atoms with van der Waals surface area (Å²) < 4.78 is 16.3. The van der Waals surface area contributed by atoms with Gasteiger partial charge in [-0.1, -0.05) is 29.8 Å². The van der Waals surface area contributed by atoms with Gasteiger partial charge in [0.25, 0.3) is 0 Å². The quantitative estimate of drug-likeness (QED) is 0.207. The monoisotopic (exact) mass is 513 g/mol. The third kappa shape index (κ3) is 10.4. The van der Waals surface area contributed by atoms with Crippen molar-refractivity contribution >= 4 is 29.9 Å². The van der Waals surface area contributed by atoms with E-state index in [1.54, 1.807) is 7.11 Å². The van der Waals surface area contributed by atoms with Gasteiger partial charge in [0.15, 0.2) is 5.96 Å². The van der Waals surface area contributed by atoms with Crippen LogP contribution < -0.4 is 20.1 Å². The van der Waals surface area contributed by atoms with Gasteiger partial charge in [0, 0.05) is 13.7 Å². The molecule has 0 saturated heterocycles. The summed E-state index contributed by atoms with van der Waals surface area (Å²) in [4.78, 5) is 4.62. The number of ether oxygens (including phenoxy) is 3. The van der Waals surface area contributed by atoms with Crippen LogP contribution in [0.3, 0.4) is 0 Å². The Morgan fingerprint density at radius 1 is 0.862 bits per heavy atom. The van der Waals surface area contributed by atoms with E-state index in [-0.39, 0.29) is 24.0 Å². The highest BCUT2D eigenvalue weighted by atomic mass is 127. The summed E-state index contributed by atoms with van der Waals surface area (Å²) in [6.07, 6.45) is 0. The van der Waals surface area contributed by atoms with Gasteiger partial charge in [0.1, 0.15) is 24.7 Å². The van der Waals surface area contributed by atoms with Crippen molar-refractivity contribution in [2.24, 2.45) is 4.99 Å². The first-order valence-corrected chi connectivity index (χ1v) is 9.63. The number of aliphatic imine (C=N–C) groups is 1. The molecule has 0 aliphatic rings. The lowest BCUT2D eigenvalue weighted by molar-refractivity contribution is 0.146. The van der Waals surface area contributed by atoms with E-state index >= 15 is 0 Å². The fourth-order valence-electron chi connectivity index (χ4n) is 2.42. The van der Waals surface area contributed by atoms with E-state index in [0.29, 0.717) is 32.9 Å². The van der Waals surface area contributed by atoms with Crippen LogP contribution in [0.5, 0.6) is 11.5 Å². The molecule has 0 atom stereocenters. The second kappa shape index (κ2) is 14.9. The number of hydrogen-bond donors (Lipinski definition) is 2. The maximum atomic E-state index is 5.74. The van der Waals surface area contributed by atoms with Crippen LogP contribution in [0.25, 0.3) is 0 Å². The molecular weight excluding hydrogens is 481 g/mol. The molecule has 0 saturated carbocycles. The van der Waals surface area contributed by atoms with E-state index in [9.17, 15) is 0 Å². The molecule has 2 aromatic rings. The molecule has 0 aromatic heterocycles. The summed E-state index contributed by atoms with van der Waals surface area (Å²) in [6, 6.07) is 16.0. The van der Waals surface area contributed by atoms with Gasteiger partial charge in [-0.2, -0.15) is 0 Å². The Labute approximate surface area is 191 Å². The van der Waals surface area contributed by atoms with Crippen LogP contribution in [-0.2, 0) is 11.3 Å². The van der Waals surface area contributed by atoms with Crippen LogP contribution in [-0.4, -0.2) is 46.0 Å². The molecule has 2 rings (SSSR count). The van der Waals surface area contributed by atoms with Crippen molar-refractivity contribution in [1.82, 2.24) is 10.6 Å². The van der Waals surface area contributed by atoms with Crippen LogP contribution in [0.4, 0.5) is 0 Å². The first kappa shape index (κ1) is 25.0. The Kier molecular flexibility index (Phi) is 12.9. The van der Waals surface area contributed by atoms with E-state index in [0.717, 1.165) is 29.6 Å². The smallest absolute Gasteiger partial charge is 0.191 e. The van der Waals surface area contributed by atoms with Gasteiger partial charge in [0.2, 0.25) is 0 Å². The van der Waals surface area contributed by atoms with Crippen molar-refractivity contribution in [2.75, 3.05) is 40.0 Å². The summed E-state index contributed by atoms with van der Waals surface area (Å²) in [5.74, 6) is 2.49. The molecule has 0 amide bonds. The number of hydrogen-bond acceptors (Lipinski definition) is 4. The number of halogens is 1. The van der Waals surface area contributed by atoms with Gasteiger partial charge in [-0.3, -0.25) is 0 Å². The lowest BCUT2D eigenvalue weighted by Gasteiger charge is -2.12. The minimum absolute atomic E-state index is 0. The molecule has 29 heavy (non-hydrogen) atoms. The molecule has 0 fully saturated rings. The maximum absolute atomic E-state index is 5.74. The average molecular weight is 513 g/mol. The summed E-state index contributed by atoms with van der Waals surface area (Å²) >= 11 is 0. The Bertz CT molecular complexity index is 706. The molecule has 6 nitrogen and oxygen atoms in total. The third-order valence-electron chi connectivity index (χ3n) is 3.93. The molecule has 0 aliphatic carbocycles. The van der Waals surface area contributed by atoms with Gasteiger partial charge < -0.3 is 24.8 Å². The normalized spacial score (nSPS) is 10.8. The number of nitrogens with zero attached hydrogens (tertiary/aromatic N) is 1. The molecule has 2 aromatic carbocycles. The van der Waals surface area contributed by atoms with Crippen molar-refractivity contribution in [2.45, 2.75) is 20.4 Å². The maximum Gasteiger partial charge on any atom is 0.191 e. The second-order valence-corrected chi connectivity index (χ2v) is 6.27. The van der Waals surface area contributed by atoms with Crippen molar-refractivity contribution in [3.8, 4) is 11.5 Å². The molecule has 0 heterocycles. The number of nitrogens with one attached hydrogen (secondary N) is 2. The third-order valence-corrected chi connectivity index (χ3v) is 3.93. The Morgan fingerprint density at radius 2 is 1.48 bits per heavy atom. The number of guanidine groups is 1. The van der Waals surface area contributed by atoms with Crippen molar-refractivity contribution in [3.05, 3.63) is 59.7 Å². The largest absolute Gasteiger partial charge is 0.492 e. The average Bonchev–Trinajstić information content (AvgIpc) is 2.72. The Morgan fingerprint density at radius 3 is 2.10 bits per heavy atom. The number of benzene rings is 2. The predicted molar refractivity (Wildman–Crippen MR) is 129 cm³/mol.